The van der Waals surface area contributed by atoms with Crippen LogP contribution in [0, 0.1) is 0 Å². The maximum absolute atomic E-state index is 9.34. The maximum atomic E-state index is 9.34. The molecule has 1 fully saturated rings. The van der Waals surface area contributed by atoms with E-state index in [0.717, 1.165) is 5.82 Å². The van der Waals surface area contributed by atoms with Crippen molar-refractivity contribution in [1.82, 2.24) is 20.5 Å². The first-order chi connectivity index (χ1) is 6.66. The van der Waals surface area contributed by atoms with Crippen molar-refractivity contribution >= 4 is 5.95 Å². The molecule has 0 bridgehead atoms. The lowest BCUT2D eigenvalue weighted by molar-refractivity contribution is 0.193. The van der Waals surface area contributed by atoms with E-state index < -0.39 is 0 Å². The third-order valence-corrected chi connectivity index (χ3v) is 2.33. The Morgan fingerprint density at radius 1 is 1.50 bits per heavy atom. The topological polar surface area (TPSA) is 77.1 Å². The van der Waals surface area contributed by atoms with E-state index in [0.29, 0.717) is 18.9 Å². The molecule has 1 saturated heterocycles. The number of hydrogen-bond donors (Lipinski definition) is 3. The molecular formula is C8H15N5O. The zero-order chi connectivity index (χ0) is 10.1. The largest absolute Gasteiger partial charge is 0.392 e. The average molecular weight is 197 g/mol. The molecule has 6 heteroatoms. The third kappa shape index (κ3) is 1.71. The molecule has 1 aliphatic heterocycles. The Morgan fingerprint density at radius 3 is 2.79 bits per heavy atom. The number of aromatic nitrogens is 3. The van der Waals surface area contributed by atoms with Gasteiger partial charge in [-0.05, 0) is 6.42 Å². The van der Waals surface area contributed by atoms with Gasteiger partial charge in [-0.2, -0.15) is 4.98 Å². The Kier molecular flexibility index (Phi) is 2.39. The van der Waals surface area contributed by atoms with E-state index in [4.69, 9.17) is 0 Å². The fourth-order valence-corrected chi connectivity index (χ4v) is 1.55. The van der Waals surface area contributed by atoms with Crippen molar-refractivity contribution in [3.8, 4) is 0 Å². The first kappa shape index (κ1) is 9.42. The number of nitrogens with zero attached hydrogens (tertiary/aromatic N) is 3. The molecule has 14 heavy (non-hydrogen) atoms. The summed E-state index contributed by atoms with van der Waals surface area (Å²) >= 11 is 0. The van der Waals surface area contributed by atoms with Crippen LogP contribution in [0.1, 0.15) is 18.3 Å². The Morgan fingerprint density at radius 2 is 2.29 bits per heavy atom. The molecule has 0 saturated carbocycles. The second-order valence-corrected chi connectivity index (χ2v) is 3.77. The molecule has 0 radical (unpaired) electrons. The van der Waals surface area contributed by atoms with E-state index >= 15 is 0 Å². The van der Waals surface area contributed by atoms with Crippen LogP contribution in [0.4, 0.5) is 5.95 Å². The molecule has 78 valence electrons. The first-order valence-corrected chi connectivity index (χ1v) is 4.68. The van der Waals surface area contributed by atoms with Crippen molar-refractivity contribution in [3.63, 3.8) is 0 Å². The van der Waals surface area contributed by atoms with E-state index in [1.165, 1.54) is 0 Å². The molecule has 1 aromatic rings. The summed E-state index contributed by atoms with van der Waals surface area (Å²) in [5.41, 5.74) is 0. The van der Waals surface area contributed by atoms with Gasteiger partial charge in [-0.3, -0.25) is 5.10 Å². The van der Waals surface area contributed by atoms with Gasteiger partial charge in [0.25, 0.3) is 0 Å². The van der Waals surface area contributed by atoms with Crippen LogP contribution in [-0.4, -0.2) is 47.0 Å². The number of anilines is 1. The first-order valence-electron chi connectivity index (χ1n) is 4.68. The molecule has 2 atom stereocenters. The number of β-amino-alcohol motifs (C(OH)–C–C–N with tert-alkyl or cyclic N) is 1. The highest BCUT2D eigenvalue weighted by molar-refractivity contribution is 5.25. The number of hydrogen-bond acceptors (Lipinski definition) is 5. The van der Waals surface area contributed by atoms with Gasteiger partial charge in [0.15, 0.2) is 0 Å². The zero-order valence-corrected chi connectivity index (χ0v) is 8.36. The minimum Gasteiger partial charge on any atom is -0.392 e. The summed E-state index contributed by atoms with van der Waals surface area (Å²) in [6, 6.07) is 0.103. The van der Waals surface area contributed by atoms with Gasteiger partial charge in [-0.15, -0.1) is 5.10 Å². The molecule has 0 unspecified atom stereocenters. The molecule has 2 heterocycles. The predicted octanol–water partition coefficient (Wildman–Crippen LogP) is -0.734. The smallest absolute Gasteiger partial charge is 0.244 e. The number of rotatable bonds is 2. The van der Waals surface area contributed by atoms with Crippen molar-refractivity contribution in [2.75, 3.05) is 25.5 Å². The minimum absolute atomic E-state index is 0.103. The maximum Gasteiger partial charge on any atom is 0.244 e. The number of aliphatic hydroxyl groups excluding tert-OH is 1. The van der Waals surface area contributed by atoms with Crippen LogP contribution in [0.3, 0.4) is 0 Å². The summed E-state index contributed by atoms with van der Waals surface area (Å²) in [6.45, 7) is 0.628. The number of nitrogens with one attached hydrogen (secondary N) is 2. The second-order valence-electron chi connectivity index (χ2n) is 3.77. The van der Waals surface area contributed by atoms with Crippen LogP contribution in [0.25, 0.3) is 0 Å². The fraction of sp³-hybridized carbons (Fsp3) is 0.750. The van der Waals surface area contributed by atoms with Crippen molar-refractivity contribution in [2.24, 2.45) is 0 Å². The van der Waals surface area contributed by atoms with E-state index in [1.54, 1.807) is 0 Å². The van der Waals surface area contributed by atoms with Gasteiger partial charge in [0.2, 0.25) is 5.95 Å². The normalized spacial score (nSPS) is 26.8. The van der Waals surface area contributed by atoms with Gasteiger partial charge in [0.05, 0.1) is 12.1 Å². The molecule has 1 aromatic heterocycles. The number of H-pyrrole nitrogens is 1. The van der Waals surface area contributed by atoms with Gasteiger partial charge in [-0.25, -0.2) is 0 Å². The summed E-state index contributed by atoms with van der Waals surface area (Å²) in [5, 5.41) is 19.4. The van der Waals surface area contributed by atoms with Crippen molar-refractivity contribution in [2.45, 2.75) is 18.6 Å². The summed E-state index contributed by atoms with van der Waals surface area (Å²) in [7, 11) is 3.79. The SMILES string of the molecule is CN(C)c1n[nH]c([C@H]2C[C@@H](O)CN2)n1. The fourth-order valence-electron chi connectivity index (χ4n) is 1.55. The average Bonchev–Trinajstić information content (AvgIpc) is 2.70. The summed E-state index contributed by atoms with van der Waals surface area (Å²) in [5.74, 6) is 1.47. The Hall–Kier alpha value is -1.14. The molecule has 0 amide bonds. The molecule has 0 aliphatic carbocycles. The quantitative estimate of drug-likeness (QED) is 0.582. The standard InChI is InChI=1S/C8H15N5O/c1-13(2)8-10-7(11-12-8)6-3-5(14)4-9-6/h5-6,9,14H,3-4H2,1-2H3,(H,10,11,12)/t5-,6-/m1/s1. The lowest BCUT2D eigenvalue weighted by Gasteiger charge is -2.06. The van der Waals surface area contributed by atoms with Crippen molar-refractivity contribution < 1.29 is 5.11 Å². The van der Waals surface area contributed by atoms with Crippen LogP contribution in [0.5, 0.6) is 0 Å². The molecule has 0 aromatic carbocycles. The Balaban J connectivity index is 2.09. The lowest BCUT2D eigenvalue weighted by Crippen LogP contribution is -2.16. The minimum atomic E-state index is -0.270. The Labute approximate surface area is 82.3 Å². The van der Waals surface area contributed by atoms with Gasteiger partial charge in [0, 0.05) is 20.6 Å². The molecule has 6 nitrogen and oxygen atoms in total. The second kappa shape index (κ2) is 3.55. The van der Waals surface area contributed by atoms with E-state index in [-0.39, 0.29) is 12.1 Å². The van der Waals surface area contributed by atoms with E-state index in [2.05, 4.69) is 20.5 Å². The van der Waals surface area contributed by atoms with Crippen LogP contribution >= 0.6 is 0 Å². The highest BCUT2D eigenvalue weighted by atomic mass is 16.3. The van der Waals surface area contributed by atoms with Crippen molar-refractivity contribution in [3.05, 3.63) is 5.82 Å². The summed E-state index contributed by atoms with van der Waals surface area (Å²) < 4.78 is 0. The summed E-state index contributed by atoms with van der Waals surface area (Å²) in [4.78, 5) is 6.15. The Bertz CT molecular complexity index is 310. The monoisotopic (exact) mass is 197 g/mol. The molecule has 0 spiro atoms. The molecule has 3 N–H and O–H groups in total. The van der Waals surface area contributed by atoms with Crippen molar-refractivity contribution in [1.29, 1.82) is 0 Å². The number of aliphatic hydroxyl groups is 1. The zero-order valence-electron chi connectivity index (χ0n) is 8.36. The van der Waals surface area contributed by atoms with Gasteiger partial charge in [-0.1, -0.05) is 0 Å². The van der Waals surface area contributed by atoms with Crippen LogP contribution in [0.15, 0.2) is 0 Å². The summed E-state index contributed by atoms with van der Waals surface area (Å²) in [6.07, 6.45) is 0.426. The predicted molar refractivity (Wildman–Crippen MR) is 52.1 cm³/mol. The highest BCUT2D eigenvalue weighted by Gasteiger charge is 2.26. The lowest BCUT2D eigenvalue weighted by atomic mass is 10.2. The van der Waals surface area contributed by atoms with Crippen LogP contribution in [-0.2, 0) is 0 Å². The van der Waals surface area contributed by atoms with Gasteiger partial charge >= 0.3 is 0 Å². The number of aromatic amines is 1. The van der Waals surface area contributed by atoms with Gasteiger partial charge in [0.1, 0.15) is 5.82 Å². The van der Waals surface area contributed by atoms with Crippen LogP contribution < -0.4 is 10.2 Å². The van der Waals surface area contributed by atoms with Gasteiger partial charge < -0.3 is 15.3 Å². The molecular weight excluding hydrogens is 182 g/mol. The van der Waals surface area contributed by atoms with Crippen LogP contribution in [0.2, 0.25) is 0 Å². The van der Waals surface area contributed by atoms with E-state index in [9.17, 15) is 5.11 Å². The third-order valence-electron chi connectivity index (χ3n) is 2.33. The molecule has 1 aliphatic rings. The van der Waals surface area contributed by atoms with E-state index in [1.807, 2.05) is 19.0 Å². The highest BCUT2D eigenvalue weighted by Crippen LogP contribution is 2.20. The molecule has 2 rings (SSSR count).